The molecule has 0 aliphatic carbocycles. The molecule has 11 heteroatoms. The van der Waals surface area contributed by atoms with Crippen molar-refractivity contribution in [1.29, 1.82) is 0 Å². The molecule has 3 heterocycles. The van der Waals surface area contributed by atoms with E-state index in [1.54, 1.807) is 12.1 Å². The Hall–Kier alpha value is -1.83. The fourth-order valence-electron chi connectivity index (χ4n) is 4.97. The molecule has 0 atom stereocenters. The van der Waals surface area contributed by atoms with Crippen molar-refractivity contribution in [3.63, 3.8) is 0 Å². The lowest BCUT2D eigenvalue weighted by molar-refractivity contribution is 0.0600. The van der Waals surface area contributed by atoms with Gasteiger partial charge in [-0.05, 0) is 30.7 Å². The summed E-state index contributed by atoms with van der Waals surface area (Å²) >= 11 is 0. The fraction of sp³-hybridized carbons (Fsp3) is 0.759. The number of nitrogens with one attached hydrogen (secondary N) is 5. The molecule has 40 heavy (non-hydrogen) atoms. The summed E-state index contributed by atoms with van der Waals surface area (Å²) in [6.45, 7) is 20.2. The zero-order valence-corrected chi connectivity index (χ0v) is 24.7. The molecular formula is C29H54N8O3. The number of rotatable bonds is 6. The third-order valence-corrected chi connectivity index (χ3v) is 7.48. The highest BCUT2D eigenvalue weighted by Gasteiger charge is 2.12. The van der Waals surface area contributed by atoms with Crippen molar-refractivity contribution in [3.05, 3.63) is 29.8 Å². The Labute approximate surface area is 241 Å². The zero-order chi connectivity index (χ0) is 28.1. The molecule has 0 spiro atoms. The summed E-state index contributed by atoms with van der Waals surface area (Å²) in [5.41, 5.74) is 0.536. The molecular weight excluding hydrogens is 508 g/mol. The maximum atomic E-state index is 11.6. The molecule has 228 valence electrons. The second-order valence-electron chi connectivity index (χ2n) is 10.5. The second-order valence-corrected chi connectivity index (χ2v) is 10.5. The number of fused-ring (bicyclic) bond motifs is 21. The van der Waals surface area contributed by atoms with Crippen molar-refractivity contribution in [3.8, 4) is 5.75 Å². The lowest BCUT2D eigenvalue weighted by Gasteiger charge is -2.29. The van der Waals surface area contributed by atoms with E-state index in [2.05, 4.69) is 41.3 Å². The van der Waals surface area contributed by atoms with Crippen LogP contribution in [0.15, 0.2) is 24.3 Å². The number of carbonyl (C=O) groups is 1. The van der Waals surface area contributed by atoms with E-state index < -0.39 is 0 Å². The number of hydrogen-bond acceptors (Lipinski definition) is 11. The van der Waals surface area contributed by atoms with Crippen LogP contribution in [-0.4, -0.2) is 159 Å². The van der Waals surface area contributed by atoms with Crippen LogP contribution in [0.3, 0.4) is 0 Å². The Bertz CT molecular complexity index is 765. The summed E-state index contributed by atoms with van der Waals surface area (Å²) < 4.78 is 10.7. The summed E-state index contributed by atoms with van der Waals surface area (Å²) in [4.78, 5) is 19.4. The van der Waals surface area contributed by atoms with E-state index in [0.717, 1.165) is 137 Å². The maximum absolute atomic E-state index is 11.6. The summed E-state index contributed by atoms with van der Waals surface area (Å²) in [5.74, 6) is 0.452. The molecule has 5 N–H and O–H groups in total. The first-order valence-electron chi connectivity index (χ1n) is 15.3. The van der Waals surface area contributed by atoms with Gasteiger partial charge in [0, 0.05) is 124 Å². The molecule has 1 aromatic rings. The van der Waals surface area contributed by atoms with E-state index in [0.29, 0.717) is 12.2 Å². The summed E-state index contributed by atoms with van der Waals surface area (Å²) in [5, 5.41) is 18.2. The minimum Gasteiger partial charge on any atom is -0.494 e. The summed E-state index contributed by atoms with van der Waals surface area (Å²) in [6, 6.07) is 7.16. The first-order chi connectivity index (χ1) is 19.7. The quantitative estimate of drug-likeness (QED) is 0.221. The van der Waals surface area contributed by atoms with Crippen LogP contribution in [-0.2, 0) is 4.74 Å². The van der Waals surface area contributed by atoms with E-state index in [1.807, 2.05) is 12.1 Å². The monoisotopic (exact) mass is 562 g/mol. The third-order valence-electron chi connectivity index (χ3n) is 7.48. The van der Waals surface area contributed by atoms with Gasteiger partial charge >= 0.3 is 5.97 Å². The van der Waals surface area contributed by atoms with Gasteiger partial charge in [0.1, 0.15) is 5.75 Å². The molecule has 3 fully saturated rings. The predicted molar refractivity (Wildman–Crippen MR) is 162 cm³/mol. The lowest BCUT2D eigenvalue weighted by atomic mass is 10.2. The van der Waals surface area contributed by atoms with Gasteiger partial charge in [-0.3, -0.25) is 9.80 Å². The molecule has 0 aromatic heterocycles. The lowest BCUT2D eigenvalue weighted by Crippen LogP contribution is -2.46. The van der Waals surface area contributed by atoms with Crippen molar-refractivity contribution < 1.29 is 14.3 Å². The minimum absolute atomic E-state index is 0.329. The minimum atomic E-state index is -0.329. The highest BCUT2D eigenvalue weighted by atomic mass is 16.5. The average Bonchev–Trinajstić information content (AvgIpc) is 2.97. The van der Waals surface area contributed by atoms with Gasteiger partial charge in [-0.15, -0.1) is 0 Å². The van der Waals surface area contributed by atoms with Crippen LogP contribution in [0.2, 0.25) is 0 Å². The van der Waals surface area contributed by atoms with Gasteiger partial charge < -0.3 is 41.0 Å². The van der Waals surface area contributed by atoms with Gasteiger partial charge in [0.2, 0.25) is 0 Å². The van der Waals surface area contributed by atoms with Gasteiger partial charge in [0.05, 0.1) is 19.3 Å². The summed E-state index contributed by atoms with van der Waals surface area (Å²) in [6.07, 6.45) is 0.954. The predicted octanol–water partition coefficient (Wildman–Crippen LogP) is -0.877. The maximum Gasteiger partial charge on any atom is 0.337 e. The third kappa shape index (κ3) is 14.2. The van der Waals surface area contributed by atoms with Crippen molar-refractivity contribution in [2.45, 2.75) is 6.42 Å². The molecule has 2 bridgehead atoms. The molecule has 3 aliphatic heterocycles. The first kappa shape index (κ1) is 32.7. The highest BCUT2D eigenvalue weighted by molar-refractivity contribution is 5.89. The van der Waals surface area contributed by atoms with E-state index in [9.17, 15) is 4.79 Å². The summed E-state index contributed by atoms with van der Waals surface area (Å²) in [7, 11) is 1.39. The van der Waals surface area contributed by atoms with E-state index in [1.165, 1.54) is 7.11 Å². The van der Waals surface area contributed by atoms with Crippen molar-refractivity contribution in [2.75, 3.05) is 138 Å². The van der Waals surface area contributed by atoms with Crippen LogP contribution in [0.4, 0.5) is 0 Å². The average molecular weight is 563 g/mol. The fourth-order valence-corrected chi connectivity index (χ4v) is 4.97. The van der Waals surface area contributed by atoms with E-state index in [-0.39, 0.29) is 5.97 Å². The van der Waals surface area contributed by atoms with Crippen molar-refractivity contribution in [2.24, 2.45) is 0 Å². The van der Waals surface area contributed by atoms with Crippen LogP contribution in [0, 0.1) is 0 Å². The molecule has 1 aromatic carbocycles. The Kier molecular flexibility index (Phi) is 17.1. The van der Waals surface area contributed by atoms with E-state index in [4.69, 9.17) is 9.47 Å². The van der Waals surface area contributed by atoms with Crippen LogP contribution in [0.25, 0.3) is 0 Å². The van der Waals surface area contributed by atoms with Gasteiger partial charge in [-0.2, -0.15) is 0 Å². The Morgan fingerprint density at radius 1 is 0.650 bits per heavy atom. The molecule has 0 amide bonds. The van der Waals surface area contributed by atoms with Crippen LogP contribution in [0.5, 0.6) is 5.75 Å². The molecule has 0 saturated carbocycles. The van der Waals surface area contributed by atoms with Crippen LogP contribution >= 0.6 is 0 Å². The van der Waals surface area contributed by atoms with Gasteiger partial charge in [-0.25, -0.2) is 4.79 Å². The van der Waals surface area contributed by atoms with Crippen LogP contribution in [0.1, 0.15) is 16.8 Å². The number of hydrogen-bond donors (Lipinski definition) is 5. The first-order valence-corrected chi connectivity index (χ1v) is 15.3. The van der Waals surface area contributed by atoms with Gasteiger partial charge in [-0.1, -0.05) is 0 Å². The highest BCUT2D eigenvalue weighted by Crippen LogP contribution is 2.13. The van der Waals surface area contributed by atoms with Crippen LogP contribution < -0.4 is 31.3 Å². The van der Waals surface area contributed by atoms with Crippen molar-refractivity contribution >= 4 is 5.97 Å². The Morgan fingerprint density at radius 2 is 1.12 bits per heavy atom. The number of ether oxygens (including phenoxy) is 2. The number of nitrogens with zero attached hydrogens (tertiary/aromatic N) is 3. The van der Waals surface area contributed by atoms with Gasteiger partial charge in [0.25, 0.3) is 0 Å². The largest absolute Gasteiger partial charge is 0.494 e. The van der Waals surface area contributed by atoms with Gasteiger partial charge in [0.15, 0.2) is 0 Å². The zero-order valence-electron chi connectivity index (χ0n) is 24.7. The van der Waals surface area contributed by atoms with Crippen molar-refractivity contribution in [1.82, 2.24) is 41.3 Å². The van der Waals surface area contributed by atoms with E-state index >= 15 is 0 Å². The number of carbonyl (C=O) groups excluding carboxylic acids is 1. The topological polar surface area (TPSA) is 105 Å². The normalized spacial score (nSPS) is 24.1. The molecule has 0 radical (unpaired) electrons. The molecule has 11 nitrogen and oxygen atoms in total. The molecule has 3 aliphatic rings. The number of esters is 1. The Morgan fingerprint density at radius 3 is 1.65 bits per heavy atom. The SMILES string of the molecule is COC(=O)c1ccc(OCCCN2CCNCC[N@]3CCNCCNCC[N@@](CCNCCNCC3)CC2)cc1. The number of methoxy groups -OCH3 is 1. The second kappa shape index (κ2) is 21.0. The molecule has 0 unspecified atom stereocenters. The molecule has 4 rings (SSSR count). The Balaban J connectivity index is 1.53. The standard InChI is InChI=1S/C29H54N8O3/c1-39-29(38)27-3-5-28(6-4-27)40-26-2-17-35-18-15-34-16-21-36-19-11-30-7-9-32-13-22-37(25-24-35)23-14-33-10-8-31-12-20-36/h3-6,30-34H,2,7-26H2,1H3. The smallest absolute Gasteiger partial charge is 0.337 e. The molecule has 3 saturated heterocycles. The number of benzene rings is 1.